The van der Waals surface area contributed by atoms with Crippen LogP contribution in [-0.4, -0.2) is 18.5 Å². The van der Waals surface area contributed by atoms with Crippen LogP contribution in [0.15, 0.2) is 10.8 Å². The van der Waals surface area contributed by atoms with Crippen molar-refractivity contribution in [3.63, 3.8) is 0 Å². The molecule has 16 heavy (non-hydrogen) atoms. The van der Waals surface area contributed by atoms with Gasteiger partial charge in [-0.15, -0.1) is 0 Å². The Labute approximate surface area is 101 Å². The first-order valence-electron chi connectivity index (χ1n) is 5.65. The van der Waals surface area contributed by atoms with Crippen molar-refractivity contribution < 1.29 is 4.79 Å². The van der Waals surface area contributed by atoms with Crippen LogP contribution in [0.4, 0.5) is 0 Å². The maximum absolute atomic E-state index is 11.5. The average molecular weight is 240 g/mol. The molecule has 0 fully saturated rings. The van der Waals surface area contributed by atoms with Gasteiger partial charge < -0.3 is 10.6 Å². The molecule has 0 aliphatic heterocycles. The number of carbonyl (C=O) groups excluding carboxylic acids is 1. The molecule has 1 aromatic rings. The zero-order valence-corrected chi connectivity index (χ0v) is 11.0. The standard InChI is InChI=1S/C12H20N2OS/c1-4-10(3)13-6-12(15)14-5-11-8-16-7-9(11)2/h7-8,10,13H,4-6H2,1-3H3,(H,14,15). The molecule has 0 saturated heterocycles. The van der Waals surface area contributed by atoms with Gasteiger partial charge in [0.2, 0.25) is 5.91 Å². The van der Waals surface area contributed by atoms with E-state index in [0.717, 1.165) is 6.42 Å². The number of hydrogen-bond acceptors (Lipinski definition) is 3. The zero-order chi connectivity index (χ0) is 12.0. The lowest BCUT2D eigenvalue weighted by atomic mass is 10.2. The molecular weight excluding hydrogens is 220 g/mol. The SMILES string of the molecule is CCC(C)NCC(=O)NCc1cscc1C. The molecule has 90 valence electrons. The number of thiophene rings is 1. The van der Waals surface area contributed by atoms with Crippen molar-refractivity contribution >= 4 is 17.2 Å². The summed E-state index contributed by atoms with van der Waals surface area (Å²) in [5.41, 5.74) is 2.46. The molecule has 0 aromatic carbocycles. The number of carbonyl (C=O) groups is 1. The van der Waals surface area contributed by atoms with Crippen molar-refractivity contribution in [3.8, 4) is 0 Å². The summed E-state index contributed by atoms with van der Waals surface area (Å²) in [6.45, 7) is 7.28. The minimum absolute atomic E-state index is 0.0610. The summed E-state index contributed by atoms with van der Waals surface area (Å²) in [5.74, 6) is 0.0610. The van der Waals surface area contributed by atoms with Gasteiger partial charge in [0, 0.05) is 12.6 Å². The normalized spacial score (nSPS) is 12.4. The van der Waals surface area contributed by atoms with Crippen molar-refractivity contribution in [2.24, 2.45) is 0 Å². The Morgan fingerprint density at radius 2 is 2.25 bits per heavy atom. The fourth-order valence-electron chi connectivity index (χ4n) is 1.24. The largest absolute Gasteiger partial charge is 0.351 e. The highest BCUT2D eigenvalue weighted by Crippen LogP contribution is 2.12. The van der Waals surface area contributed by atoms with Crippen LogP contribution in [0.25, 0.3) is 0 Å². The summed E-state index contributed by atoms with van der Waals surface area (Å²) < 4.78 is 0. The lowest BCUT2D eigenvalue weighted by Crippen LogP contribution is -2.37. The summed E-state index contributed by atoms with van der Waals surface area (Å²) in [6.07, 6.45) is 1.04. The molecule has 1 atom stereocenters. The highest BCUT2D eigenvalue weighted by atomic mass is 32.1. The molecule has 0 radical (unpaired) electrons. The quantitative estimate of drug-likeness (QED) is 0.799. The van der Waals surface area contributed by atoms with Crippen molar-refractivity contribution in [1.82, 2.24) is 10.6 Å². The van der Waals surface area contributed by atoms with Gasteiger partial charge in [-0.3, -0.25) is 4.79 Å². The summed E-state index contributed by atoms with van der Waals surface area (Å²) in [5, 5.41) is 10.3. The molecule has 0 spiro atoms. The number of amides is 1. The molecule has 1 rings (SSSR count). The molecule has 2 N–H and O–H groups in total. The Hall–Kier alpha value is -0.870. The predicted molar refractivity (Wildman–Crippen MR) is 68.7 cm³/mol. The molecule has 1 aromatic heterocycles. The molecule has 0 aliphatic rings. The van der Waals surface area contributed by atoms with E-state index >= 15 is 0 Å². The second-order valence-corrected chi connectivity index (χ2v) is 4.79. The summed E-state index contributed by atoms with van der Waals surface area (Å²) >= 11 is 1.67. The van der Waals surface area contributed by atoms with Crippen LogP contribution >= 0.6 is 11.3 Å². The van der Waals surface area contributed by atoms with Crippen LogP contribution in [-0.2, 0) is 11.3 Å². The predicted octanol–water partition coefficient (Wildman–Crippen LogP) is 2.06. The molecule has 4 heteroatoms. The first-order chi connectivity index (χ1) is 7.63. The van der Waals surface area contributed by atoms with Gasteiger partial charge in [-0.05, 0) is 42.2 Å². The molecule has 0 aliphatic carbocycles. The van der Waals surface area contributed by atoms with Crippen molar-refractivity contribution in [1.29, 1.82) is 0 Å². The van der Waals surface area contributed by atoms with Crippen LogP contribution in [0.3, 0.4) is 0 Å². The third kappa shape index (κ3) is 4.33. The summed E-state index contributed by atoms with van der Waals surface area (Å²) in [7, 11) is 0. The van der Waals surface area contributed by atoms with Crippen LogP contribution < -0.4 is 10.6 Å². The number of nitrogens with one attached hydrogen (secondary N) is 2. The van der Waals surface area contributed by atoms with Crippen molar-refractivity contribution in [2.45, 2.75) is 39.8 Å². The van der Waals surface area contributed by atoms with E-state index in [1.54, 1.807) is 11.3 Å². The Morgan fingerprint density at radius 1 is 1.50 bits per heavy atom. The maximum atomic E-state index is 11.5. The van der Waals surface area contributed by atoms with Gasteiger partial charge in [-0.2, -0.15) is 11.3 Å². The van der Waals surface area contributed by atoms with Crippen LogP contribution in [0.5, 0.6) is 0 Å². The van der Waals surface area contributed by atoms with Gasteiger partial charge in [0.1, 0.15) is 0 Å². The maximum Gasteiger partial charge on any atom is 0.234 e. The monoisotopic (exact) mass is 240 g/mol. The minimum atomic E-state index is 0.0610. The zero-order valence-electron chi connectivity index (χ0n) is 10.2. The van der Waals surface area contributed by atoms with Crippen LogP contribution in [0, 0.1) is 6.92 Å². The van der Waals surface area contributed by atoms with Gasteiger partial charge >= 0.3 is 0 Å². The van der Waals surface area contributed by atoms with E-state index in [1.807, 2.05) is 0 Å². The lowest BCUT2D eigenvalue weighted by molar-refractivity contribution is -0.120. The van der Waals surface area contributed by atoms with Gasteiger partial charge in [0.05, 0.1) is 6.54 Å². The third-order valence-electron chi connectivity index (χ3n) is 2.66. The van der Waals surface area contributed by atoms with Crippen LogP contribution in [0.1, 0.15) is 31.4 Å². The fraction of sp³-hybridized carbons (Fsp3) is 0.583. The summed E-state index contributed by atoms with van der Waals surface area (Å²) in [6, 6.07) is 0.397. The molecule has 3 nitrogen and oxygen atoms in total. The molecule has 1 heterocycles. The fourth-order valence-corrected chi connectivity index (χ4v) is 2.09. The minimum Gasteiger partial charge on any atom is -0.351 e. The smallest absolute Gasteiger partial charge is 0.234 e. The topological polar surface area (TPSA) is 41.1 Å². The first-order valence-corrected chi connectivity index (χ1v) is 6.59. The Bertz CT molecular complexity index is 336. The van der Waals surface area contributed by atoms with Gasteiger partial charge in [0.25, 0.3) is 0 Å². The molecule has 1 unspecified atom stereocenters. The third-order valence-corrected chi connectivity index (χ3v) is 3.57. The van der Waals surface area contributed by atoms with E-state index in [4.69, 9.17) is 0 Å². The van der Waals surface area contributed by atoms with E-state index in [9.17, 15) is 4.79 Å². The lowest BCUT2D eigenvalue weighted by Gasteiger charge is -2.11. The molecule has 0 saturated carbocycles. The molecule has 0 bridgehead atoms. The van der Waals surface area contributed by atoms with E-state index in [-0.39, 0.29) is 5.91 Å². The number of aryl methyl sites for hydroxylation is 1. The highest BCUT2D eigenvalue weighted by Gasteiger charge is 2.05. The highest BCUT2D eigenvalue weighted by molar-refractivity contribution is 7.08. The number of rotatable bonds is 6. The molecular formula is C12H20N2OS. The van der Waals surface area contributed by atoms with Crippen molar-refractivity contribution in [3.05, 3.63) is 21.9 Å². The van der Waals surface area contributed by atoms with E-state index in [2.05, 4.69) is 42.2 Å². The van der Waals surface area contributed by atoms with Gasteiger partial charge in [-0.25, -0.2) is 0 Å². The van der Waals surface area contributed by atoms with Gasteiger partial charge in [-0.1, -0.05) is 6.92 Å². The average Bonchev–Trinajstić information content (AvgIpc) is 2.69. The Balaban J connectivity index is 2.23. The molecule has 1 amide bonds. The van der Waals surface area contributed by atoms with E-state index in [1.165, 1.54) is 11.1 Å². The van der Waals surface area contributed by atoms with Gasteiger partial charge in [0.15, 0.2) is 0 Å². The second-order valence-electron chi connectivity index (χ2n) is 4.05. The van der Waals surface area contributed by atoms with E-state index < -0.39 is 0 Å². The van der Waals surface area contributed by atoms with Crippen LogP contribution in [0.2, 0.25) is 0 Å². The summed E-state index contributed by atoms with van der Waals surface area (Å²) in [4.78, 5) is 11.5. The van der Waals surface area contributed by atoms with Crippen molar-refractivity contribution in [2.75, 3.05) is 6.54 Å². The Kier molecular flexibility index (Phi) is 5.49. The van der Waals surface area contributed by atoms with E-state index in [0.29, 0.717) is 19.1 Å². The second kappa shape index (κ2) is 6.66. The number of hydrogen-bond donors (Lipinski definition) is 2. The Morgan fingerprint density at radius 3 is 2.81 bits per heavy atom. The first kappa shape index (κ1) is 13.2.